The highest BCUT2D eigenvalue weighted by atomic mass is 16.3. The molecule has 3 rings (SSSR count). The fraction of sp³-hybridized carbons (Fsp3) is 0.176. The molecule has 0 aliphatic rings. The summed E-state index contributed by atoms with van der Waals surface area (Å²) in [5, 5.41) is 11.3. The molecule has 0 fully saturated rings. The molecule has 1 N–H and O–H groups in total. The predicted molar refractivity (Wildman–Crippen MR) is 79.4 cm³/mol. The van der Waals surface area contributed by atoms with Gasteiger partial charge in [0.15, 0.2) is 0 Å². The molecule has 0 amide bonds. The number of fused-ring (bicyclic) bond motifs is 1. The van der Waals surface area contributed by atoms with Gasteiger partial charge in [0.1, 0.15) is 0 Å². The molecule has 3 heteroatoms. The zero-order valence-corrected chi connectivity index (χ0v) is 11.1. The Morgan fingerprint density at radius 1 is 0.850 bits per heavy atom. The van der Waals surface area contributed by atoms with Crippen molar-refractivity contribution in [2.45, 2.75) is 18.9 Å². The minimum absolute atomic E-state index is 0.460. The third-order valence-corrected chi connectivity index (χ3v) is 3.27. The molecule has 1 atom stereocenters. The smallest absolute Gasteiger partial charge is 0.0705 e. The molecular weight excluding hydrogens is 248 g/mol. The van der Waals surface area contributed by atoms with Crippen LogP contribution in [0, 0.1) is 0 Å². The van der Waals surface area contributed by atoms with Crippen LogP contribution in [0.15, 0.2) is 60.8 Å². The van der Waals surface area contributed by atoms with E-state index in [1.807, 2.05) is 54.6 Å². The summed E-state index contributed by atoms with van der Waals surface area (Å²) in [7, 11) is 0. The number of pyridine rings is 2. The number of benzene rings is 1. The Balaban J connectivity index is 1.72. The Kier molecular flexibility index (Phi) is 3.70. The highest BCUT2D eigenvalue weighted by molar-refractivity contribution is 5.78. The molecule has 3 nitrogen and oxygen atoms in total. The van der Waals surface area contributed by atoms with Crippen molar-refractivity contribution < 1.29 is 5.11 Å². The summed E-state index contributed by atoms with van der Waals surface area (Å²) < 4.78 is 0. The Morgan fingerprint density at radius 2 is 1.65 bits per heavy atom. The van der Waals surface area contributed by atoms with Gasteiger partial charge in [-0.15, -0.1) is 0 Å². The quantitative estimate of drug-likeness (QED) is 0.788. The standard InChI is InChI=1S/C17H16N2O/c20-16(11-14-6-3-4-10-18-14)12-15-9-8-13-5-1-2-7-17(13)19-15/h1-10,16,20H,11-12H2. The van der Waals surface area contributed by atoms with Crippen molar-refractivity contribution in [2.75, 3.05) is 0 Å². The lowest BCUT2D eigenvalue weighted by molar-refractivity contribution is 0.173. The van der Waals surface area contributed by atoms with Gasteiger partial charge < -0.3 is 5.11 Å². The number of para-hydroxylation sites is 1. The van der Waals surface area contributed by atoms with E-state index in [4.69, 9.17) is 0 Å². The summed E-state index contributed by atoms with van der Waals surface area (Å²) in [5.74, 6) is 0. The molecule has 100 valence electrons. The van der Waals surface area contributed by atoms with Crippen LogP contribution in [0.25, 0.3) is 10.9 Å². The SMILES string of the molecule is OC(Cc1ccccn1)Cc1ccc2ccccc2n1. The molecule has 0 aliphatic heterocycles. The number of hydrogen-bond donors (Lipinski definition) is 1. The van der Waals surface area contributed by atoms with E-state index in [0.717, 1.165) is 22.3 Å². The summed E-state index contributed by atoms with van der Waals surface area (Å²) in [4.78, 5) is 8.81. The van der Waals surface area contributed by atoms with Crippen molar-refractivity contribution in [1.29, 1.82) is 0 Å². The van der Waals surface area contributed by atoms with Crippen molar-refractivity contribution in [3.8, 4) is 0 Å². The van der Waals surface area contributed by atoms with Crippen LogP contribution in [-0.2, 0) is 12.8 Å². The lowest BCUT2D eigenvalue weighted by Gasteiger charge is -2.10. The molecule has 0 aliphatic carbocycles. The van der Waals surface area contributed by atoms with Crippen LogP contribution in [0.1, 0.15) is 11.4 Å². The number of aliphatic hydroxyl groups excluding tert-OH is 1. The van der Waals surface area contributed by atoms with Crippen LogP contribution in [0.4, 0.5) is 0 Å². The molecular formula is C17H16N2O. The highest BCUT2D eigenvalue weighted by Crippen LogP contribution is 2.13. The molecule has 2 aromatic heterocycles. The number of rotatable bonds is 4. The molecule has 3 aromatic rings. The summed E-state index contributed by atoms with van der Waals surface area (Å²) in [6.07, 6.45) is 2.38. The van der Waals surface area contributed by atoms with Gasteiger partial charge in [-0.25, -0.2) is 0 Å². The van der Waals surface area contributed by atoms with Crippen LogP contribution in [0.2, 0.25) is 0 Å². The Bertz CT molecular complexity index is 697. The first-order chi connectivity index (χ1) is 9.81. The summed E-state index contributed by atoms with van der Waals surface area (Å²) in [6, 6.07) is 17.8. The Hall–Kier alpha value is -2.26. The molecule has 0 radical (unpaired) electrons. The van der Waals surface area contributed by atoms with Gasteiger partial charge in [0.25, 0.3) is 0 Å². The Morgan fingerprint density at radius 3 is 2.50 bits per heavy atom. The molecule has 0 saturated carbocycles. The fourth-order valence-corrected chi connectivity index (χ4v) is 2.30. The lowest BCUT2D eigenvalue weighted by Crippen LogP contribution is -2.15. The van der Waals surface area contributed by atoms with Crippen molar-refractivity contribution in [3.63, 3.8) is 0 Å². The van der Waals surface area contributed by atoms with E-state index in [2.05, 4.69) is 9.97 Å². The zero-order valence-electron chi connectivity index (χ0n) is 11.1. The van der Waals surface area contributed by atoms with Gasteiger partial charge in [0.2, 0.25) is 0 Å². The van der Waals surface area contributed by atoms with E-state index in [-0.39, 0.29) is 0 Å². The molecule has 0 bridgehead atoms. The average molecular weight is 264 g/mol. The van der Waals surface area contributed by atoms with Crippen LogP contribution < -0.4 is 0 Å². The monoisotopic (exact) mass is 264 g/mol. The van der Waals surface area contributed by atoms with Crippen molar-refractivity contribution >= 4 is 10.9 Å². The van der Waals surface area contributed by atoms with E-state index in [1.54, 1.807) is 6.20 Å². The van der Waals surface area contributed by atoms with Gasteiger partial charge in [0, 0.05) is 35.8 Å². The van der Waals surface area contributed by atoms with E-state index < -0.39 is 6.10 Å². The van der Waals surface area contributed by atoms with Gasteiger partial charge in [-0.3, -0.25) is 9.97 Å². The normalized spacial score (nSPS) is 12.4. The summed E-state index contributed by atoms with van der Waals surface area (Å²) in [5.41, 5.74) is 2.78. The number of aromatic nitrogens is 2. The maximum atomic E-state index is 10.1. The largest absolute Gasteiger partial charge is 0.392 e. The maximum Gasteiger partial charge on any atom is 0.0705 e. The first-order valence-electron chi connectivity index (χ1n) is 6.74. The second-order valence-corrected chi connectivity index (χ2v) is 4.88. The molecule has 20 heavy (non-hydrogen) atoms. The fourth-order valence-electron chi connectivity index (χ4n) is 2.30. The topological polar surface area (TPSA) is 46.0 Å². The predicted octanol–water partition coefficient (Wildman–Crippen LogP) is 2.78. The van der Waals surface area contributed by atoms with E-state index >= 15 is 0 Å². The summed E-state index contributed by atoms with van der Waals surface area (Å²) >= 11 is 0. The molecule has 1 aromatic carbocycles. The van der Waals surface area contributed by atoms with E-state index in [1.165, 1.54) is 0 Å². The molecule has 0 saturated heterocycles. The third kappa shape index (κ3) is 3.00. The van der Waals surface area contributed by atoms with Crippen LogP contribution in [0.3, 0.4) is 0 Å². The minimum Gasteiger partial charge on any atom is -0.392 e. The van der Waals surface area contributed by atoms with Gasteiger partial charge in [-0.1, -0.05) is 30.3 Å². The first kappa shape index (κ1) is 12.8. The van der Waals surface area contributed by atoms with Crippen molar-refractivity contribution in [1.82, 2.24) is 9.97 Å². The molecule has 0 spiro atoms. The summed E-state index contributed by atoms with van der Waals surface area (Å²) in [6.45, 7) is 0. The van der Waals surface area contributed by atoms with Crippen LogP contribution in [-0.4, -0.2) is 21.2 Å². The lowest BCUT2D eigenvalue weighted by atomic mass is 10.1. The average Bonchev–Trinajstić information content (AvgIpc) is 2.48. The van der Waals surface area contributed by atoms with Crippen molar-refractivity contribution in [3.05, 3.63) is 72.2 Å². The number of nitrogens with zero attached hydrogens (tertiary/aromatic N) is 2. The van der Waals surface area contributed by atoms with Crippen molar-refractivity contribution in [2.24, 2.45) is 0 Å². The highest BCUT2D eigenvalue weighted by Gasteiger charge is 2.09. The number of aliphatic hydroxyl groups is 1. The second-order valence-electron chi connectivity index (χ2n) is 4.88. The number of hydrogen-bond acceptors (Lipinski definition) is 3. The van der Waals surface area contributed by atoms with Gasteiger partial charge >= 0.3 is 0 Å². The molecule has 1 unspecified atom stereocenters. The van der Waals surface area contributed by atoms with Gasteiger partial charge in [-0.2, -0.15) is 0 Å². The third-order valence-electron chi connectivity index (χ3n) is 3.27. The van der Waals surface area contributed by atoms with Crippen LogP contribution >= 0.6 is 0 Å². The van der Waals surface area contributed by atoms with Crippen LogP contribution in [0.5, 0.6) is 0 Å². The molecule has 2 heterocycles. The van der Waals surface area contributed by atoms with E-state index in [0.29, 0.717) is 12.8 Å². The minimum atomic E-state index is -0.460. The second kappa shape index (κ2) is 5.80. The first-order valence-corrected chi connectivity index (χ1v) is 6.74. The maximum absolute atomic E-state index is 10.1. The van der Waals surface area contributed by atoms with E-state index in [9.17, 15) is 5.11 Å². The Labute approximate surface area is 117 Å². The zero-order chi connectivity index (χ0) is 13.8. The van der Waals surface area contributed by atoms with Gasteiger partial charge in [0.05, 0.1) is 11.6 Å². The van der Waals surface area contributed by atoms with Gasteiger partial charge in [-0.05, 0) is 24.3 Å².